The van der Waals surface area contributed by atoms with Gasteiger partial charge in [0.25, 0.3) is 5.89 Å². The molecule has 1 atom stereocenters. The number of nitrogens with zero attached hydrogens (tertiary/aromatic N) is 3. The molecular formula is C19H25N3O4S. The summed E-state index contributed by atoms with van der Waals surface area (Å²) < 4.78 is 11.4. The highest BCUT2D eigenvalue weighted by molar-refractivity contribution is 7.17. The number of ether oxygens (including phenoxy) is 1. The summed E-state index contributed by atoms with van der Waals surface area (Å²) in [7, 11) is 0. The van der Waals surface area contributed by atoms with Gasteiger partial charge in [-0.05, 0) is 38.3 Å². The van der Waals surface area contributed by atoms with Gasteiger partial charge >= 0.3 is 0 Å². The summed E-state index contributed by atoms with van der Waals surface area (Å²) in [6, 6.07) is 3.55. The number of carbonyl (C=O) groups excluding carboxylic acids is 2. The van der Waals surface area contributed by atoms with E-state index in [9.17, 15) is 9.59 Å². The van der Waals surface area contributed by atoms with Gasteiger partial charge in [0.2, 0.25) is 11.8 Å². The van der Waals surface area contributed by atoms with Crippen molar-refractivity contribution < 1.29 is 18.7 Å². The molecule has 3 heterocycles. The number of ketones is 1. The van der Waals surface area contributed by atoms with Gasteiger partial charge in [0.1, 0.15) is 0 Å². The molecule has 0 N–H and O–H groups in total. The minimum Gasteiger partial charge on any atom is -0.420 e. The van der Waals surface area contributed by atoms with Gasteiger partial charge in [-0.1, -0.05) is 6.92 Å². The molecule has 7 nitrogen and oxygen atoms in total. The van der Waals surface area contributed by atoms with Crippen molar-refractivity contribution in [2.75, 3.05) is 19.7 Å². The van der Waals surface area contributed by atoms with Crippen molar-refractivity contribution >= 4 is 23.0 Å². The Balaban J connectivity index is 1.51. The van der Waals surface area contributed by atoms with Crippen LogP contribution in [0.15, 0.2) is 16.5 Å². The van der Waals surface area contributed by atoms with Crippen molar-refractivity contribution in [3.05, 3.63) is 22.9 Å². The summed E-state index contributed by atoms with van der Waals surface area (Å²) in [6.45, 7) is 5.80. The second-order valence-electron chi connectivity index (χ2n) is 6.70. The van der Waals surface area contributed by atoms with Crippen LogP contribution in [0.3, 0.4) is 0 Å². The van der Waals surface area contributed by atoms with Gasteiger partial charge in [-0.3, -0.25) is 9.59 Å². The first-order valence-corrected chi connectivity index (χ1v) is 10.2. The summed E-state index contributed by atoms with van der Waals surface area (Å²) in [6.07, 6.45) is 3.87. The van der Waals surface area contributed by atoms with E-state index in [1.807, 2.05) is 4.90 Å². The number of carbonyl (C=O) groups is 2. The molecule has 0 saturated carbocycles. The molecule has 8 heteroatoms. The highest BCUT2D eigenvalue weighted by atomic mass is 32.1. The first-order valence-electron chi connectivity index (χ1n) is 9.39. The van der Waals surface area contributed by atoms with Crippen molar-refractivity contribution in [1.82, 2.24) is 15.1 Å². The maximum absolute atomic E-state index is 12.5. The number of aromatic nitrogens is 2. The van der Waals surface area contributed by atoms with E-state index in [0.29, 0.717) is 36.0 Å². The van der Waals surface area contributed by atoms with Gasteiger partial charge in [-0.15, -0.1) is 21.5 Å². The van der Waals surface area contributed by atoms with E-state index in [4.69, 9.17) is 9.15 Å². The molecule has 2 aromatic rings. The molecular weight excluding hydrogens is 366 g/mol. The zero-order valence-electron chi connectivity index (χ0n) is 15.8. The summed E-state index contributed by atoms with van der Waals surface area (Å²) in [5.41, 5.74) is 0. The Kier molecular flexibility index (Phi) is 6.73. The quantitative estimate of drug-likeness (QED) is 0.642. The van der Waals surface area contributed by atoms with Crippen LogP contribution in [-0.4, -0.2) is 52.6 Å². The lowest BCUT2D eigenvalue weighted by molar-refractivity contribution is -0.135. The molecule has 1 saturated heterocycles. The van der Waals surface area contributed by atoms with Crippen LogP contribution in [0.4, 0.5) is 0 Å². The molecule has 0 aliphatic carbocycles. The van der Waals surface area contributed by atoms with Gasteiger partial charge < -0.3 is 14.1 Å². The fourth-order valence-corrected chi connectivity index (χ4v) is 3.88. The van der Waals surface area contributed by atoms with Crippen LogP contribution in [0.1, 0.15) is 55.1 Å². The number of hydrogen-bond acceptors (Lipinski definition) is 7. The molecule has 1 aliphatic rings. The van der Waals surface area contributed by atoms with Crippen molar-refractivity contribution in [2.45, 2.75) is 52.1 Å². The highest BCUT2D eigenvalue weighted by Gasteiger charge is 2.24. The van der Waals surface area contributed by atoms with Crippen LogP contribution in [0.2, 0.25) is 0 Å². The number of Topliss-reactive ketones (excluding diaryl/α,β-unsaturated/α-hetero) is 1. The standard InChI is InChI=1S/C19H25N3O4S/c1-3-11-25-14-5-4-10-22(12-14)18(24)9-8-17-20-21-19(26-17)16-7-6-15(27-16)13(2)23/h6-7,14H,3-5,8-12H2,1-2H3. The monoisotopic (exact) mass is 391 g/mol. The van der Waals surface area contributed by atoms with Crippen LogP contribution >= 0.6 is 11.3 Å². The number of amides is 1. The van der Waals surface area contributed by atoms with Crippen LogP contribution in [0.5, 0.6) is 0 Å². The lowest BCUT2D eigenvalue weighted by Gasteiger charge is -2.32. The molecule has 0 aromatic carbocycles. The Morgan fingerprint density at radius 2 is 2.22 bits per heavy atom. The molecule has 1 aliphatic heterocycles. The van der Waals surface area contributed by atoms with E-state index in [0.717, 1.165) is 37.3 Å². The predicted octanol–water partition coefficient (Wildman–Crippen LogP) is 3.35. The van der Waals surface area contributed by atoms with E-state index in [1.165, 1.54) is 18.3 Å². The minimum absolute atomic E-state index is 0.0133. The third-order valence-corrected chi connectivity index (χ3v) is 5.65. The molecule has 0 spiro atoms. The third kappa shape index (κ3) is 5.23. The Morgan fingerprint density at radius 3 is 2.96 bits per heavy atom. The Morgan fingerprint density at radius 1 is 1.37 bits per heavy atom. The molecule has 146 valence electrons. The van der Waals surface area contributed by atoms with E-state index in [-0.39, 0.29) is 17.8 Å². The van der Waals surface area contributed by atoms with Crippen LogP contribution < -0.4 is 0 Å². The Hall–Kier alpha value is -2.06. The summed E-state index contributed by atoms with van der Waals surface area (Å²) in [4.78, 5) is 27.2. The molecule has 2 aromatic heterocycles. The number of rotatable bonds is 8. The molecule has 3 rings (SSSR count). The van der Waals surface area contributed by atoms with E-state index < -0.39 is 0 Å². The van der Waals surface area contributed by atoms with Crippen LogP contribution in [0.25, 0.3) is 10.8 Å². The zero-order chi connectivity index (χ0) is 19.2. The highest BCUT2D eigenvalue weighted by Crippen LogP contribution is 2.27. The lowest BCUT2D eigenvalue weighted by Crippen LogP contribution is -2.43. The normalized spacial score (nSPS) is 17.3. The summed E-state index contributed by atoms with van der Waals surface area (Å²) in [5.74, 6) is 0.932. The van der Waals surface area contributed by atoms with Gasteiger partial charge in [0.15, 0.2) is 5.78 Å². The van der Waals surface area contributed by atoms with Gasteiger partial charge in [-0.2, -0.15) is 0 Å². The topological polar surface area (TPSA) is 85.5 Å². The van der Waals surface area contributed by atoms with Crippen molar-refractivity contribution in [1.29, 1.82) is 0 Å². The average molecular weight is 391 g/mol. The van der Waals surface area contributed by atoms with Crippen molar-refractivity contribution in [2.24, 2.45) is 0 Å². The van der Waals surface area contributed by atoms with Gasteiger partial charge in [-0.25, -0.2) is 0 Å². The maximum Gasteiger partial charge on any atom is 0.257 e. The molecule has 1 unspecified atom stereocenters. The first-order chi connectivity index (χ1) is 13.1. The number of aryl methyl sites for hydroxylation is 1. The molecule has 0 radical (unpaired) electrons. The van der Waals surface area contributed by atoms with Crippen molar-refractivity contribution in [3.8, 4) is 10.8 Å². The lowest BCUT2D eigenvalue weighted by atomic mass is 10.1. The predicted molar refractivity (Wildman–Crippen MR) is 102 cm³/mol. The van der Waals surface area contributed by atoms with E-state index >= 15 is 0 Å². The zero-order valence-corrected chi connectivity index (χ0v) is 16.6. The Bertz CT molecular complexity index is 786. The van der Waals surface area contributed by atoms with E-state index in [1.54, 1.807) is 12.1 Å². The summed E-state index contributed by atoms with van der Waals surface area (Å²) in [5, 5.41) is 8.06. The van der Waals surface area contributed by atoms with Gasteiger partial charge in [0, 0.05) is 32.5 Å². The second kappa shape index (κ2) is 9.23. The molecule has 27 heavy (non-hydrogen) atoms. The van der Waals surface area contributed by atoms with Crippen LogP contribution in [0, 0.1) is 0 Å². The fraction of sp³-hybridized carbons (Fsp3) is 0.579. The van der Waals surface area contributed by atoms with Crippen molar-refractivity contribution in [3.63, 3.8) is 0 Å². The largest absolute Gasteiger partial charge is 0.420 e. The molecule has 1 amide bonds. The number of likely N-dealkylation sites (tertiary alicyclic amines) is 1. The number of hydrogen-bond donors (Lipinski definition) is 0. The minimum atomic E-state index is 0.0133. The fourth-order valence-electron chi connectivity index (χ4n) is 3.05. The number of piperidine rings is 1. The van der Waals surface area contributed by atoms with E-state index in [2.05, 4.69) is 17.1 Å². The first kappa shape index (κ1) is 19.7. The smallest absolute Gasteiger partial charge is 0.257 e. The molecule has 0 bridgehead atoms. The second-order valence-corrected chi connectivity index (χ2v) is 7.78. The van der Waals surface area contributed by atoms with Gasteiger partial charge in [0.05, 0.1) is 15.9 Å². The number of thiophene rings is 1. The Labute approximate surface area is 162 Å². The van der Waals surface area contributed by atoms with Crippen LogP contribution in [-0.2, 0) is 16.0 Å². The molecule has 1 fully saturated rings. The maximum atomic E-state index is 12.5. The summed E-state index contributed by atoms with van der Waals surface area (Å²) >= 11 is 1.33. The SMILES string of the molecule is CCCOC1CCCN(C(=O)CCc2nnc(-c3ccc(C(C)=O)s3)o2)C1. The average Bonchev–Trinajstić information content (AvgIpc) is 3.34. The third-order valence-electron chi connectivity index (χ3n) is 4.47.